The molecule has 0 radical (unpaired) electrons. The number of aryl methyl sites for hydroxylation is 1. The largest absolute Gasteiger partial charge is 0.358 e. The number of amides is 1. The van der Waals surface area contributed by atoms with Gasteiger partial charge >= 0.3 is 0 Å². The smallest absolute Gasteiger partial charge is 0.255 e. The molecule has 0 saturated carbocycles. The zero-order valence-corrected chi connectivity index (χ0v) is 16.0. The van der Waals surface area contributed by atoms with Crippen LogP contribution in [0.5, 0.6) is 0 Å². The molecule has 4 aromatic rings. The number of nitrogens with one attached hydrogen (secondary N) is 1. The van der Waals surface area contributed by atoms with Crippen molar-refractivity contribution >= 4 is 16.8 Å². The van der Waals surface area contributed by atoms with Crippen LogP contribution in [0.4, 0.5) is 0 Å². The van der Waals surface area contributed by atoms with Crippen molar-refractivity contribution in [2.45, 2.75) is 25.9 Å². The normalized spacial score (nSPS) is 17.1. The Bertz CT molecular complexity index is 1180. The predicted octanol–water partition coefficient (Wildman–Crippen LogP) is 5.78. The number of carbonyl (C=O) groups is 1. The Morgan fingerprint density at radius 1 is 0.893 bits per heavy atom. The summed E-state index contributed by atoms with van der Waals surface area (Å²) in [7, 11) is 0. The zero-order valence-electron chi connectivity index (χ0n) is 16.0. The Morgan fingerprint density at radius 2 is 1.57 bits per heavy atom. The zero-order chi connectivity index (χ0) is 19.3. The van der Waals surface area contributed by atoms with Crippen LogP contribution in [-0.4, -0.2) is 15.8 Å². The van der Waals surface area contributed by atoms with Crippen LogP contribution in [0.2, 0.25) is 0 Å². The molecule has 3 heteroatoms. The van der Waals surface area contributed by atoms with Gasteiger partial charge in [0.25, 0.3) is 5.91 Å². The summed E-state index contributed by atoms with van der Waals surface area (Å²) in [5.74, 6) is 0.0987. The molecule has 1 N–H and O–H groups in total. The van der Waals surface area contributed by atoms with Crippen molar-refractivity contribution in [3.8, 4) is 0 Å². The molecule has 1 amide bonds. The maximum atomic E-state index is 13.5. The summed E-state index contributed by atoms with van der Waals surface area (Å²) in [6.45, 7) is 4.22. The number of aromatic amines is 1. The van der Waals surface area contributed by atoms with E-state index in [4.69, 9.17) is 0 Å². The fourth-order valence-electron chi connectivity index (χ4n) is 4.57. The van der Waals surface area contributed by atoms with Crippen LogP contribution in [0.1, 0.15) is 51.7 Å². The number of nitrogens with zero attached hydrogens (tertiary/aromatic N) is 1. The van der Waals surface area contributed by atoms with E-state index in [2.05, 4.69) is 55.2 Å². The second-order valence-corrected chi connectivity index (χ2v) is 7.50. The van der Waals surface area contributed by atoms with Crippen molar-refractivity contribution in [1.82, 2.24) is 9.88 Å². The summed E-state index contributed by atoms with van der Waals surface area (Å²) in [4.78, 5) is 19.0. The number of hydrogen-bond acceptors (Lipinski definition) is 1. The van der Waals surface area contributed by atoms with E-state index in [-0.39, 0.29) is 18.0 Å². The van der Waals surface area contributed by atoms with E-state index in [9.17, 15) is 4.79 Å². The highest BCUT2D eigenvalue weighted by molar-refractivity contribution is 6.01. The van der Waals surface area contributed by atoms with Gasteiger partial charge in [0.2, 0.25) is 0 Å². The first kappa shape index (κ1) is 16.8. The van der Waals surface area contributed by atoms with Gasteiger partial charge in [-0.2, -0.15) is 0 Å². The summed E-state index contributed by atoms with van der Waals surface area (Å²) >= 11 is 0. The topological polar surface area (TPSA) is 36.1 Å². The van der Waals surface area contributed by atoms with Crippen molar-refractivity contribution in [1.29, 1.82) is 0 Å². The fourth-order valence-corrected chi connectivity index (χ4v) is 4.57. The fraction of sp³-hybridized carbons (Fsp3) is 0.160. The average molecular weight is 366 g/mol. The Labute approximate surface area is 164 Å². The van der Waals surface area contributed by atoms with Crippen molar-refractivity contribution in [3.63, 3.8) is 0 Å². The number of aromatic nitrogens is 1. The van der Waals surface area contributed by atoms with E-state index < -0.39 is 0 Å². The molecule has 28 heavy (non-hydrogen) atoms. The minimum absolute atomic E-state index is 0.0286. The average Bonchev–Trinajstić information content (AvgIpc) is 3.21. The Balaban J connectivity index is 1.74. The molecule has 1 aromatic heterocycles. The number of hydrogen-bond donors (Lipinski definition) is 1. The maximum absolute atomic E-state index is 13.5. The molecule has 138 valence electrons. The second-order valence-electron chi connectivity index (χ2n) is 7.50. The van der Waals surface area contributed by atoms with E-state index in [1.54, 1.807) is 0 Å². The number of benzene rings is 3. The molecule has 3 aromatic carbocycles. The van der Waals surface area contributed by atoms with Crippen molar-refractivity contribution in [2.75, 3.05) is 0 Å². The molecule has 0 aliphatic carbocycles. The van der Waals surface area contributed by atoms with E-state index in [0.717, 1.165) is 27.9 Å². The third-order valence-corrected chi connectivity index (χ3v) is 5.91. The highest BCUT2D eigenvalue weighted by Crippen LogP contribution is 2.46. The minimum Gasteiger partial charge on any atom is -0.358 e. The van der Waals surface area contributed by atoms with Gasteiger partial charge in [-0.15, -0.1) is 0 Å². The molecule has 5 rings (SSSR count). The van der Waals surface area contributed by atoms with Crippen LogP contribution in [0.15, 0.2) is 78.9 Å². The van der Waals surface area contributed by atoms with Gasteiger partial charge in [0, 0.05) is 27.7 Å². The lowest BCUT2D eigenvalue weighted by molar-refractivity contribution is 0.0677. The summed E-state index contributed by atoms with van der Waals surface area (Å²) in [5.41, 5.74) is 6.45. The molecule has 1 aliphatic heterocycles. The van der Waals surface area contributed by atoms with Crippen LogP contribution in [0.3, 0.4) is 0 Å². The van der Waals surface area contributed by atoms with Gasteiger partial charge in [-0.3, -0.25) is 4.79 Å². The summed E-state index contributed by atoms with van der Waals surface area (Å²) in [6.07, 6.45) is 0. The number of carbonyl (C=O) groups excluding carboxylic acids is 1. The molecular formula is C25H22N2O. The first-order chi connectivity index (χ1) is 13.7. The Kier molecular flexibility index (Phi) is 3.83. The summed E-state index contributed by atoms with van der Waals surface area (Å²) < 4.78 is 0. The summed E-state index contributed by atoms with van der Waals surface area (Å²) in [5, 5.41) is 1.18. The molecule has 3 nitrogen and oxygen atoms in total. The third kappa shape index (κ3) is 2.40. The lowest BCUT2D eigenvalue weighted by Gasteiger charge is -2.32. The first-order valence-electron chi connectivity index (χ1n) is 9.70. The number of fused-ring (bicyclic) bond motifs is 2. The van der Waals surface area contributed by atoms with Gasteiger partial charge in [0.05, 0.1) is 12.1 Å². The molecule has 0 fully saturated rings. The van der Waals surface area contributed by atoms with Gasteiger partial charge in [-0.1, -0.05) is 66.7 Å². The molecular weight excluding hydrogens is 344 g/mol. The van der Waals surface area contributed by atoms with Crippen molar-refractivity contribution in [2.24, 2.45) is 0 Å². The summed E-state index contributed by atoms with van der Waals surface area (Å²) in [6, 6.07) is 26.5. The van der Waals surface area contributed by atoms with E-state index >= 15 is 0 Å². The molecule has 2 heterocycles. The number of rotatable bonds is 3. The first-order valence-corrected chi connectivity index (χ1v) is 9.70. The van der Waals surface area contributed by atoms with Gasteiger partial charge < -0.3 is 9.88 Å². The molecule has 0 spiro atoms. The Hall–Kier alpha value is -3.33. The van der Waals surface area contributed by atoms with E-state index in [0.29, 0.717) is 0 Å². The molecule has 0 unspecified atom stereocenters. The van der Waals surface area contributed by atoms with Gasteiger partial charge in [0.1, 0.15) is 0 Å². The third-order valence-electron chi connectivity index (χ3n) is 5.91. The van der Waals surface area contributed by atoms with Crippen LogP contribution in [0.25, 0.3) is 10.9 Å². The quantitative estimate of drug-likeness (QED) is 0.490. The lowest BCUT2D eigenvalue weighted by atomic mass is 9.94. The van der Waals surface area contributed by atoms with Gasteiger partial charge in [0.15, 0.2) is 0 Å². The highest BCUT2D eigenvalue weighted by atomic mass is 16.2. The molecule has 1 aliphatic rings. The van der Waals surface area contributed by atoms with Crippen LogP contribution >= 0.6 is 0 Å². The van der Waals surface area contributed by atoms with Crippen LogP contribution in [-0.2, 0) is 0 Å². The minimum atomic E-state index is -0.102. The van der Waals surface area contributed by atoms with E-state index in [1.165, 1.54) is 10.9 Å². The second kappa shape index (κ2) is 6.38. The van der Waals surface area contributed by atoms with Gasteiger partial charge in [-0.25, -0.2) is 0 Å². The molecule has 2 atom stereocenters. The Morgan fingerprint density at radius 3 is 2.39 bits per heavy atom. The van der Waals surface area contributed by atoms with E-state index in [1.807, 2.05) is 47.4 Å². The van der Waals surface area contributed by atoms with Crippen LogP contribution in [0, 0.1) is 6.92 Å². The number of para-hydroxylation sites is 1. The number of H-pyrrole nitrogens is 1. The van der Waals surface area contributed by atoms with Crippen molar-refractivity contribution in [3.05, 3.63) is 107 Å². The van der Waals surface area contributed by atoms with Gasteiger partial charge in [-0.05, 0) is 37.1 Å². The maximum Gasteiger partial charge on any atom is 0.255 e. The monoisotopic (exact) mass is 366 g/mol. The SMILES string of the molecule is Cc1[nH]c2ccccc2c1[C@H]1c2ccccc2C(=O)N1[C@@H](C)c1ccccc1. The lowest BCUT2D eigenvalue weighted by Crippen LogP contribution is -2.31. The predicted molar refractivity (Wildman–Crippen MR) is 112 cm³/mol. The molecule has 0 bridgehead atoms. The highest BCUT2D eigenvalue weighted by Gasteiger charge is 2.42. The molecule has 0 saturated heterocycles. The van der Waals surface area contributed by atoms with Crippen LogP contribution < -0.4 is 0 Å². The van der Waals surface area contributed by atoms with Crippen molar-refractivity contribution < 1.29 is 4.79 Å². The standard InChI is InChI=1S/C25H22N2O/c1-16-23(21-14-8-9-15-22(21)26-16)24-19-12-6-7-13-20(19)25(28)27(24)17(2)18-10-4-3-5-11-18/h3-15,17,24,26H,1-2H3/t17-,24+/m0/s1.